The van der Waals surface area contributed by atoms with Crippen molar-refractivity contribution >= 4 is 34.1 Å². The van der Waals surface area contributed by atoms with Gasteiger partial charge < -0.3 is 20.7 Å². The molecule has 0 spiro atoms. The SMILES string of the molecule is Cc1cc(N)nc(-c2c(Cl)cc3c(N4CC5CCC(C4)N5)nc(OC[C@@]45CCCN4C[C@H](F)C5)nc3c2F)c1C(C)C. The van der Waals surface area contributed by atoms with E-state index in [4.69, 9.17) is 27.1 Å². The monoisotopic (exact) mass is 597 g/mol. The second-order valence-corrected chi connectivity index (χ2v) is 13.4. The molecular formula is C31H38ClF2N7O. The number of fused-ring (bicyclic) bond motifs is 4. The van der Waals surface area contributed by atoms with Gasteiger partial charge in [-0.15, -0.1) is 0 Å². The summed E-state index contributed by atoms with van der Waals surface area (Å²) in [5, 5.41) is 4.41. The van der Waals surface area contributed by atoms with Gasteiger partial charge in [-0.2, -0.15) is 9.97 Å². The number of piperazine rings is 1. The zero-order chi connectivity index (χ0) is 29.3. The van der Waals surface area contributed by atoms with Crippen LogP contribution in [0.4, 0.5) is 20.4 Å². The van der Waals surface area contributed by atoms with E-state index in [1.165, 1.54) is 0 Å². The Morgan fingerprint density at radius 2 is 1.93 bits per heavy atom. The fourth-order valence-corrected chi connectivity index (χ4v) is 8.21. The van der Waals surface area contributed by atoms with Crippen LogP contribution in [0.3, 0.4) is 0 Å². The van der Waals surface area contributed by atoms with Gasteiger partial charge in [0.2, 0.25) is 0 Å². The zero-order valence-electron chi connectivity index (χ0n) is 24.4. The molecule has 1 aromatic carbocycles. The highest BCUT2D eigenvalue weighted by atomic mass is 35.5. The Labute approximate surface area is 250 Å². The third kappa shape index (κ3) is 4.66. The molecule has 4 saturated heterocycles. The van der Waals surface area contributed by atoms with E-state index in [0.717, 1.165) is 56.4 Å². The van der Waals surface area contributed by atoms with Gasteiger partial charge in [-0.3, -0.25) is 4.90 Å². The first-order chi connectivity index (χ1) is 20.1. The maximum atomic E-state index is 16.8. The van der Waals surface area contributed by atoms with Crippen LogP contribution in [0, 0.1) is 12.7 Å². The van der Waals surface area contributed by atoms with Crippen molar-refractivity contribution in [3.63, 3.8) is 0 Å². The standard InChI is InChI=1S/C31H38ClF2N7O/c1-16(2)24-17(3)9-23(35)37-28(24)25-22(32)10-21-27(26(25)34)38-30(39-29(21)40-13-19-5-6-20(14-40)36-19)42-15-31-7-4-8-41(31)12-18(33)11-31/h9-10,16,18-20,36H,4-8,11-15H2,1-3H3,(H2,35,37)/t18-,19?,20?,31+/m1/s1. The number of aryl methyl sites for hydroxylation is 1. The minimum Gasteiger partial charge on any atom is -0.461 e. The van der Waals surface area contributed by atoms with Gasteiger partial charge in [-0.1, -0.05) is 25.4 Å². The summed E-state index contributed by atoms with van der Waals surface area (Å²) in [7, 11) is 0. The van der Waals surface area contributed by atoms with E-state index >= 15 is 4.39 Å². The van der Waals surface area contributed by atoms with Crippen molar-refractivity contribution in [2.24, 2.45) is 0 Å². The first-order valence-corrected chi connectivity index (χ1v) is 15.5. The van der Waals surface area contributed by atoms with Crippen molar-refractivity contribution in [2.45, 2.75) is 82.6 Å². The number of anilines is 2. The molecule has 4 aliphatic heterocycles. The molecule has 0 saturated carbocycles. The predicted molar refractivity (Wildman–Crippen MR) is 162 cm³/mol. The van der Waals surface area contributed by atoms with Gasteiger partial charge in [-0.25, -0.2) is 13.8 Å². The van der Waals surface area contributed by atoms with Crippen LogP contribution in [0.1, 0.15) is 63.0 Å². The Kier molecular flexibility index (Phi) is 6.94. The summed E-state index contributed by atoms with van der Waals surface area (Å²) in [6.45, 7) is 9.08. The molecule has 7 rings (SSSR count). The highest BCUT2D eigenvalue weighted by molar-refractivity contribution is 6.34. The predicted octanol–water partition coefficient (Wildman–Crippen LogP) is 5.39. The number of halogens is 3. The van der Waals surface area contributed by atoms with Gasteiger partial charge in [0.05, 0.1) is 21.8 Å². The molecule has 0 aliphatic carbocycles. The van der Waals surface area contributed by atoms with Crippen LogP contribution in [0.2, 0.25) is 5.02 Å². The average molecular weight is 598 g/mol. The van der Waals surface area contributed by atoms with Gasteiger partial charge in [0, 0.05) is 43.5 Å². The highest BCUT2D eigenvalue weighted by Gasteiger charge is 2.49. The molecule has 224 valence electrons. The normalized spacial score (nSPS) is 27.4. The molecule has 4 atom stereocenters. The molecule has 11 heteroatoms. The minimum absolute atomic E-state index is 0.0646. The molecule has 2 bridgehead atoms. The van der Waals surface area contributed by atoms with Crippen LogP contribution in [-0.2, 0) is 0 Å². The Hall–Kier alpha value is -2.82. The van der Waals surface area contributed by atoms with Crippen molar-refractivity contribution in [1.29, 1.82) is 0 Å². The molecule has 0 amide bonds. The number of alkyl halides is 1. The lowest BCUT2D eigenvalue weighted by Gasteiger charge is -2.34. The molecule has 4 aliphatic rings. The van der Waals surface area contributed by atoms with Crippen molar-refractivity contribution in [1.82, 2.24) is 25.2 Å². The third-order valence-corrected chi connectivity index (χ3v) is 9.99. The van der Waals surface area contributed by atoms with E-state index in [0.29, 0.717) is 47.8 Å². The molecule has 2 aromatic heterocycles. The van der Waals surface area contributed by atoms with Gasteiger partial charge >= 0.3 is 6.01 Å². The number of nitrogen functional groups attached to an aromatic ring is 1. The number of pyridine rings is 1. The van der Waals surface area contributed by atoms with E-state index in [2.05, 4.69) is 25.1 Å². The Morgan fingerprint density at radius 3 is 2.67 bits per heavy atom. The summed E-state index contributed by atoms with van der Waals surface area (Å²) in [4.78, 5) is 18.5. The van der Waals surface area contributed by atoms with Gasteiger partial charge in [-0.05, 0) is 68.3 Å². The number of hydrogen-bond acceptors (Lipinski definition) is 8. The van der Waals surface area contributed by atoms with Crippen LogP contribution >= 0.6 is 11.6 Å². The lowest BCUT2D eigenvalue weighted by molar-refractivity contribution is 0.107. The van der Waals surface area contributed by atoms with Crippen molar-refractivity contribution in [3.8, 4) is 17.3 Å². The number of nitrogens with two attached hydrogens (primary N) is 1. The topological polar surface area (TPSA) is 92.4 Å². The molecule has 2 unspecified atom stereocenters. The number of hydrogen-bond donors (Lipinski definition) is 2. The molecule has 4 fully saturated rings. The Morgan fingerprint density at radius 1 is 1.17 bits per heavy atom. The fraction of sp³-hybridized carbons (Fsp3) is 0.581. The summed E-state index contributed by atoms with van der Waals surface area (Å²) in [6, 6.07) is 4.34. The van der Waals surface area contributed by atoms with Gasteiger partial charge in [0.15, 0.2) is 5.82 Å². The van der Waals surface area contributed by atoms with Crippen LogP contribution in [-0.4, -0.2) is 76.4 Å². The minimum atomic E-state index is -0.870. The highest BCUT2D eigenvalue weighted by Crippen LogP contribution is 2.43. The van der Waals surface area contributed by atoms with Crippen molar-refractivity contribution in [2.75, 3.05) is 43.4 Å². The molecule has 3 aromatic rings. The summed E-state index contributed by atoms with van der Waals surface area (Å²) in [6.07, 6.45) is 3.61. The number of benzene rings is 1. The molecule has 3 N–H and O–H groups in total. The second kappa shape index (κ2) is 10.4. The van der Waals surface area contributed by atoms with E-state index in [1.54, 1.807) is 12.1 Å². The fourth-order valence-electron chi connectivity index (χ4n) is 7.93. The number of ether oxygens (including phenoxy) is 1. The van der Waals surface area contributed by atoms with Crippen LogP contribution in [0.5, 0.6) is 6.01 Å². The van der Waals surface area contributed by atoms with Crippen molar-refractivity contribution < 1.29 is 13.5 Å². The molecule has 42 heavy (non-hydrogen) atoms. The lowest BCUT2D eigenvalue weighted by Crippen LogP contribution is -2.51. The zero-order valence-corrected chi connectivity index (χ0v) is 25.1. The second-order valence-electron chi connectivity index (χ2n) is 13.0. The van der Waals surface area contributed by atoms with E-state index in [1.807, 2.05) is 20.8 Å². The smallest absolute Gasteiger partial charge is 0.319 e. The van der Waals surface area contributed by atoms with E-state index in [-0.39, 0.29) is 40.2 Å². The summed E-state index contributed by atoms with van der Waals surface area (Å²) in [5.74, 6) is 0.398. The van der Waals surface area contributed by atoms with E-state index < -0.39 is 12.0 Å². The van der Waals surface area contributed by atoms with Crippen molar-refractivity contribution in [3.05, 3.63) is 34.1 Å². The number of nitrogens with zero attached hydrogens (tertiary/aromatic N) is 5. The quantitative estimate of drug-likeness (QED) is 0.391. The molecule has 0 radical (unpaired) electrons. The summed E-state index contributed by atoms with van der Waals surface area (Å²) < 4.78 is 37.5. The van der Waals surface area contributed by atoms with Crippen LogP contribution < -0.4 is 20.7 Å². The number of rotatable bonds is 6. The molecule has 8 nitrogen and oxygen atoms in total. The van der Waals surface area contributed by atoms with Crippen LogP contribution in [0.15, 0.2) is 12.1 Å². The largest absolute Gasteiger partial charge is 0.461 e. The first kappa shape index (κ1) is 28.0. The van der Waals surface area contributed by atoms with Gasteiger partial charge in [0.1, 0.15) is 29.9 Å². The summed E-state index contributed by atoms with van der Waals surface area (Å²) >= 11 is 6.89. The molecule has 6 heterocycles. The average Bonchev–Trinajstić information content (AvgIpc) is 3.57. The maximum absolute atomic E-state index is 16.8. The van der Waals surface area contributed by atoms with E-state index in [9.17, 15) is 4.39 Å². The maximum Gasteiger partial charge on any atom is 0.319 e. The number of nitrogens with one attached hydrogen (secondary N) is 1. The third-order valence-electron chi connectivity index (χ3n) is 9.69. The van der Waals surface area contributed by atoms with Gasteiger partial charge in [0.25, 0.3) is 0 Å². The summed E-state index contributed by atoms with van der Waals surface area (Å²) in [5.41, 5.74) is 8.32. The molecular weight excluding hydrogens is 560 g/mol. The first-order valence-electron chi connectivity index (χ1n) is 15.1. The van der Waals surface area contributed by atoms with Crippen LogP contribution in [0.25, 0.3) is 22.2 Å². The lowest BCUT2D eigenvalue weighted by atomic mass is 9.92. The number of aromatic nitrogens is 3. The Balaban J connectivity index is 1.37. The Bertz CT molecular complexity index is 1540.